The van der Waals surface area contributed by atoms with Crippen LogP contribution >= 0.6 is 24.0 Å². The maximum atomic E-state index is 13.7. The quantitative estimate of drug-likeness (QED) is 0.361. The van der Waals surface area contributed by atoms with Crippen LogP contribution in [0.1, 0.15) is 31.9 Å². The summed E-state index contributed by atoms with van der Waals surface area (Å²) in [5, 5.41) is 11.1. The summed E-state index contributed by atoms with van der Waals surface area (Å²) in [6.07, 6.45) is 1.63. The zero-order valence-electron chi connectivity index (χ0n) is 16.5. The molecule has 2 unspecified atom stereocenters. The lowest BCUT2D eigenvalue weighted by Gasteiger charge is -2.25. The minimum atomic E-state index is -0.362. The van der Waals surface area contributed by atoms with Crippen LogP contribution < -0.4 is 15.4 Å². The summed E-state index contributed by atoms with van der Waals surface area (Å²) < 4.78 is 21.3. The lowest BCUT2D eigenvalue weighted by Crippen LogP contribution is -2.47. The molecule has 2 heterocycles. The fourth-order valence-electron chi connectivity index (χ4n) is 3.08. The lowest BCUT2D eigenvalue weighted by atomic mass is 10.1. The molecule has 0 spiro atoms. The second-order valence-electron chi connectivity index (χ2n) is 6.72. The van der Waals surface area contributed by atoms with Gasteiger partial charge >= 0.3 is 0 Å². The number of hydrogen-bond acceptors (Lipinski definition) is 4. The number of rotatable bonds is 6. The summed E-state index contributed by atoms with van der Waals surface area (Å²) in [7, 11) is 0. The number of aliphatic imine (C=N–C) groups is 1. The standard InChI is InChI=1S/C19H27FN6O.HI/c1-4-21-19(22-11-13(2)27-17-8-6-5-7-16(17)20)24-15-9-10-18-23-14(3)25-26(18)12-15;/h5-8,13,15H,4,9-12H2,1-3H3,(H2,21,22,24);1H. The Balaban J connectivity index is 0.00000280. The highest BCUT2D eigenvalue weighted by Gasteiger charge is 2.21. The highest BCUT2D eigenvalue weighted by molar-refractivity contribution is 14.0. The molecule has 2 N–H and O–H groups in total. The van der Waals surface area contributed by atoms with E-state index in [4.69, 9.17) is 4.74 Å². The average molecular weight is 502 g/mol. The normalized spacial score (nSPS) is 17.3. The Morgan fingerprint density at radius 1 is 1.43 bits per heavy atom. The van der Waals surface area contributed by atoms with E-state index in [9.17, 15) is 4.39 Å². The first-order valence-electron chi connectivity index (χ1n) is 9.41. The predicted octanol–water partition coefficient (Wildman–Crippen LogP) is 2.68. The van der Waals surface area contributed by atoms with Crippen molar-refractivity contribution in [2.75, 3.05) is 13.1 Å². The van der Waals surface area contributed by atoms with E-state index in [2.05, 4.69) is 25.7 Å². The van der Waals surface area contributed by atoms with Gasteiger partial charge in [-0.3, -0.25) is 0 Å². The fourth-order valence-corrected chi connectivity index (χ4v) is 3.08. The molecule has 2 atom stereocenters. The van der Waals surface area contributed by atoms with Gasteiger partial charge in [0.05, 0.1) is 13.1 Å². The molecule has 0 radical (unpaired) electrons. The van der Waals surface area contributed by atoms with Gasteiger partial charge in [0, 0.05) is 19.0 Å². The Morgan fingerprint density at radius 2 is 2.21 bits per heavy atom. The van der Waals surface area contributed by atoms with Crippen LogP contribution in [0.2, 0.25) is 0 Å². The topological polar surface area (TPSA) is 76.4 Å². The van der Waals surface area contributed by atoms with Gasteiger partial charge in [0.2, 0.25) is 0 Å². The van der Waals surface area contributed by atoms with Crippen molar-refractivity contribution in [2.45, 2.75) is 52.3 Å². The van der Waals surface area contributed by atoms with E-state index in [1.165, 1.54) is 6.07 Å². The smallest absolute Gasteiger partial charge is 0.191 e. The first-order valence-corrected chi connectivity index (χ1v) is 9.41. The van der Waals surface area contributed by atoms with Gasteiger partial charge in [0.1, 0.15) is 17.8 Å². The third-order valence-electron chi connectivity index (χ3n) is 4.32. The second-order valence-corrected chi connectivity index (χ2v) is 6.72. The van der Waals surface area contributed by atoms with Crippen molar-refractivity contribution in [3.63, 3.8) is 0 Å². The summed E-state index contributed by atoms with van der Waals surface area (Å²) in [6, 6.07) is 6.64. The summed E-state index contributed by atoms with van der Waals surface area (Å²) >= 11 is 0. The van der Waals surface area contributed by atoms with Crippen molar-refractivity contribution in [3.05, 3.63) is 41.7 Å². The molecule has 9 heteroatoms. The molecule has 0 fully saturated rings. The number of guanidine groups is 1. The number of benzene rings is 1. The number of nitrogens with one attached hydrogen (secondary N) is 2. The molecule has 0 saturated heterocycles. The van der Waals surface area contributed by atoms with Crippen molar-refractivity contribution in [3.8, 4) is 5.75 Å². The van der Waals surface area contributed by atoms with Gasteiger partial charge in [0.15, 0.2) is 17.5 Å². The van der Waals surface area contributed by atoms with Crippen LogP contribution in [-0.2, 0) is 13.0 Å². The molecule has 1 aliphatic rings. The van der Waals surface area contributed by atoms with Crippen molar-refractivity contribution in [1.29, 1.82) is 0 Å². The molecule has 154 valence electrons. The molecule has 1 aliphatic heterocycles. The molecule has 2 aromatic rings. The van der Waals surface area contributed by atoms with Gasteiger partial charge < -0.3 is 15.4 Å². The number of aromatic nitrogens is 3. The SMILES string of the molecule is CCNC(=NCC(C)Oc1ccccc1F)NC1CCc2nc(C)nn2C1.I. The Morgan fingerprint density at radius 3 is 2.96 bits per heavy atom. The molecular weight excluding hydrogens is 474 g/mol. The molecule has 0 bridgehead atoms. The maximum absolute atomic E-state index is 13.7. The van der Waals surface area contributed by atoms with Gasteiger partial charge in [0.25, 0.3) is 0 Å². The molecular formula is C19H28FIN6O. The van der Waals surface area contributed by atoms with E-state index in [-0.39, 0.29) is 47.7 Å². The zero-order valence-corrected chi connectivity index (χ0v) is 18.8. The highest BCUT2D eigenvalue weighted by atomic mass is 127. The number of ether oxygens (including phenoxy) is 1. The van der Waals surface area contributed by atoms with Crippen LogP contribution in [0, 0.1) is 12.7 Å². The number of fused-ring (bicyclic) bond motifs is 1. The molecule has 0 amide bonds. The van der Waals surface area contributed by atoms with Crippen molar-refractivity contribution in [2.24, 2.45) is 4.99 Å². The monoisotopic (exact) mass is 502 g/mol. The first-order chi connectivity index (χ1) is 13.0. The third kappa shape index (κ3) is 6.05. The van der Waals surface area contributed by atoms with Crippen LogP contribution in [0.4, 0.5) is 4.39 Å². The van der Waals surface area contributed by atoms with E-state index in [0.29, 0.717) is 6.54 Å². The van der Waals surface area contributed by atoms with Gasteiger partial charge in [-0.25, -0.2) is 19.0 Å². The molecule has 7 nitrogen and oxygen atoms in total. The van der Waals surface area contributed by atoms with Gasteiger partial charge in [-0.2, -0.15) is 5.10 Å². The fraction of sp³-hybridized carbons (Fsp3) is 0.526. The predicted molar refractivity (Wildman–Crippen MR) is 118 cm³/mol. The number of halogens is 2. The third-order valence-corrected chi connectivity index (χ3v) is 4.32. The summed E-state index contributed by atoms with van der Waals surface area (Å²) in [5.41, 5.74) is 0. The van der Waals surface area contributed by atoms with Gasteiger partial charge in [-0.1, -0.05) is 12.1 Å². The Bertz CT molecular complexity index is 796. The van der Waals surface area contributed by atoms with Crippen molar-refractivity contribution < 1.29 is 9.13 Å². The Kier molecular flexibility index (Phi) is 8.46. The van der Waals surface area contributed by atoms with E-state index in [1.54, 1.807) is 18.2 Å². The molecule has 28 heavy (non-hydrogen) atoms. The van der Waals surface area contributed by atoms with E-state index in [1.807, 2.05) is 25.5 Å². The highest BCUT2D eigenvalue weighted by Crippen LogP contribution is 2.17. The summed E-state index contributed by atoms with van der Waals surface area (Å²) in [5.74, 6) is 2.47. The van der Waals surface area contributed by atoms with Gasteiger partial charge in [-0.15, -0.1) is 24.0 Å². The van der Waals surface area contributed by atoms with E-state index in [0.717, 1.165) is 43.5 Å². The van der Waals surface area contributed by atoms with Crippen LogP contribution in [0.15, 0.2) is 29.3 Å². The number of nitrogens with zero attached hydrogens (tertiary/aromatic N) is 4. The molecule has 1 aromatic carbocycles. The minimum Gasteiger partial charge on any atom is -0.486 e. The summed E-state index contributed by atoms with van der Waals surface area (Å²) in [4.78, 5) is 9.03. The van der Waals surface area contributed by atoms with Crippen LogP contribution in [-0.4, -0.2) is 46.0 Å². The average Bonchev–Trinajstić information content (AvgIpc) is 3.01. The summed E-state index contributed by atoms with van der Waals surface area (Å²) in [6.45, 7) is 7.76. The Labute approximate surface area is 182 Å². The largest absolute Gasteiger partial charge is 0.486 e. The van der Waals surface area contributed by atoms with Crippen LogP contribution in [0.5, 0.6) is 5.75 Å². The lowest BCUT2D eigenvalue weighted by molar-refractivity contribution is 0.220. The van der Waals surface area contributed by atoms with Gasteiger partial charge in [-0.05, 0) is 39.3 Å². The molecule has 0 aliphatic carbocycles. The first kappa shape index (κ1) is 22.4. The molecule has 3 rings (SSSR count). The second kappa shape index (κ2) is 10.6. The number of para-hydroxylation sites is 1. The zero-order chi connectivity index (χ0) is 19.2. The number of hydrogen-bond donors (Lipinski definition) is 2. The molecule has 1 aromatic heterocycles. The van der Waals surface area contributed by atoms with E-state index >= 15 is 0 Å². The Hall–Kier alpha value is -1.91. The van der Waals surface area contributed by atoms with E-state index < -0.39 is 0 Å². The van der Waals surface area contributed by atoms with Crippen molar-refractivity contribution >= 4 is 29.9 Å². The van der Waals surface area contributed by atoms with Crippen molar-refractivity contribution in [1.82, 2.24) is 25.4 Å². The number of aryl methyl sites for hydroxylation is 2. The van der Waals surface area contributed by atoms with Crippen LogP contribution in [0.3, 0.4) is 0 Å². The maximum Gasteiger partial charge on any atom is 0.191 e. The molecule has 0 saturated carbocycles. The minimum absolute atomic E-state index is 0. The van der Waals surface area contributed by atoms with Crippen LogP contribution in [0.25, 0.3) is 0 Å².